The van der Waals surface area contributed by atoms with Gasteiger partial charge in [0.05, 0.1) is 13.8 Å². The first-order chi connectivity index (χ1) is 5.12. The first kappa shape index (κ1) is 13.3. The molecule has 0 saturated carbocycles. The SMILES string of the molecule is CCCC(F)(F)OCC.CF. The standard InChI is InChI=1S/C6H12F2O.CH3F/c1-3-5-6(7,8)9-4-2;1-2/h3-5H2,1-2H3;1H3. The van der Waals surface area contributed by atoms with Gasteiger partial charge in [0.1, 0.15) is 0 Å². The molecule has 0 amide bonds. The van der Waals surface area contributed by atoms with Crippen molar-refractivity contribution in [2.75, 3.05) is 13.8 Å². The molecule has 0 atom stereocenters. The van der Waals surface area contributed by atoms with Crippen LogP contribution in [-0.4, -0.2) is 19.9 Å². The summed E-state index contributed by atoms with van der Waals surface area (Å²) in [6, 6.07) is 0. The van der Waals surface area contributed by atoms with Crippen molar-refractivity contribution in [2.45, 2.75) is 32.8 Å². The molecule has 0 aliphatic carbocycles. The van der Waals surface area contributed by atoms with Crippen LogP contribution in [0.5, 0.6) is 0 Å². The smallest absolute Gasteiger partial charge is 0.321 e. The van der Waals surface area contributed by atoms with Crippen LogP contribution in [0, 0.1) is 0 Å². The van der Waals surface area contributed by atoms with Crippen molar-refractivity contribution in [3.63, 3.8) is 0 Å². The van der Waals surface area contributed by atoms with Crippen molar-refractivity contribution in [1.29, 1.82) is 0 Å². The van der Waals surface area contributed by atoms with E-state index in [2.05, 4.69) is 4.74 Å². The molecule has 0 N–H and O–H groups in total. The molecule has 0 heterocycles. The second kappa shape index (κ2) is 7.85. The monoisotopic (exact) mass is 172 g/mol. The fourth-order valence-corrected chi connectivity index (χ4v) is 0.574. The third-order valence-electron chi connectivity index (χ3n) is 0.897. The zero-order valence-electron chi connectivity index (χ0n) is 7.16. The second-order valence-electron chi connectivity index (χ2n) is 1.82. The van der Waals surface area contributed by atoms with Crippen LogP contribution in [0.15, 0.2) is 0 Å². The Morgan fingerprint density at radius 3 is 1.91 bits per heavy atom. The summed E-state index contributed by atoms with van der Waals surface area (Å²) in [7, 11) is 0.500. The van der Waals surface area contributed by atoms with Gasteiger partial charge in [0.15, 0.2) is 0 Å². The lowest BCUT2D eigenvalue weighted by molar-refractivity contribution is -0.239. The maximum atomic E-state index is 12.2. The normalized spacial score (nSPS) is 10.4. The lowest BCUT2D eigenvalue weighted by atomic mass is 10.3. The van der Waals surface area contributed by atoms with E-state index in [0.29, 0.717) is 13.6 Å². The van der Waals surface area contributed by atoms with Crippen molar-refractivity contribution in [2.24, 2.45) is 0 Å². The first-order valence-electron chi connectivity index (χ1n) is 3.52. The highest BCUT2D eigenvalue weighted by Gasteiger charge is 2.27. The zero-order valence-corrected chi connectivity index (χ0v) is 7.16. The van der Waals surface area contributed by atoms with E-state index in [1.807, 2.05) is 0 Å². The van der Waals surface area contributed by atoms with Gasteiger partial charge in [0, 0.05) is 6.42 Å². The highest BCUT2D eigenvalue weighted by molar-refractivity contribution is 4.49. The lowest BCUT2D eigenvalue weighted by Gasteiger charge is -2.13. The highest BCUT2D eigenvalue weighted by Crippen LogP contribution is 2.20. The second-order valence-corrected chi connectivity index (χ2v) is 1.82. The van der Waals surface area contributed by atoms with Crippen molar-refractivity contribution >= 4 is 0 Å². The van der Waals surface area contributed by atoms with E-state index in [1.165, 1.54) is 0 Å². The zero-order chi connectivity index (χ0) is 9.33. The van der Waals surface area contributed by atoms with Gasteiger partial charge in [-0.1, -0.05) is 6.92 Å². The molecular weight excluding hydrogens is 157 g/mol. The number of hydrogen-bond donors (Lipinski definition) is 0. The number of rotatable bonds is 4. The van der Waals surface area contributed by atoms with Crippen LogP contribution < -0.4 is 0 Å². The summed E-state index contributed by atoms with van der Waals surface area (Å²) < 4.78 is 38.0. The molecule has 0 fully saturated rings. The largest absolute Gasteiger partial charge is 0.355 e. The van der Waals surface area contributed by atoms with E-state index in [9.17, 15) is 13.2 Å². The Morgan fingerprint density at radius 2 is 1.64 bits per heavy atom. The molecule has 0 unspecified atom stereocenters. The Labute approximate surface area is 65.5 Å². The first-order valence-corrected chi connectivity index (χ1v) is 3.52. The molecule has 0 bridgehead atoms. The van der Waals surface area contributed by atoms with Gasteiger partial charge in [-0.15, -0.1) is 0 Å². The Balaban J connectivity index is 0. The minimum atomic E-state index is -2.90. The van der Waals surface area contributed by atoms with E-state index in [-0.39, 0.29) is 13.0 Å². The summed E-state index contributed by atoms with van der Waals surface area (Å²) in [6.45, 7) is 3.34. The molecule has 0 spiro atoms. The summed E-state index contributed by atoms with van der Waals surface area (Å²) in [5.74, 6) is 0. The van der Waals surface area contributed by atoms with E-state index >= 15 is 0 Å². The quantitative estimate of drug-likeness (QED) is 0.633. The molecule has 0 aromatic carbocycles. The summed E-state index contributed by atoms with van der Waals surface area (Å²) >= 11 is 0. The number of hydrogen-bond acceptors (Lipinski definition) is 1. The molecule has 0 radical (unpaired) electrons. The van der Waals surface area contributed by atoms with Crippen LogP contribution in [0.4, 0.5) is 13.2 Å². The fourth-order valence-electron chi connectivity index (χ4n) is 0.574. The van der Waals surface area contributed by atoms with Gasteiger partial charge in [-0.25, -0.2) is 0 Å². The van der Waals surface area contributed by atoms with Crippen LogP contribution >= 0.6 is 0 Å². The third kappa shape index (κ3) is 9.75. The molecule has 70 valence electrons. The van der Waals surface area contributed by atoms with E-state index in [0.717, 1.165) is 0 Å². The van der Waals surface area contributed by atoms with Crippen molar-refractivity contribution in [1.82, 2.24) is 0 Å². The van der Waals surface area contributed by atoms with Gasteiger partial charge in [0.2, 0.25) is 0 Å². The van der Waals surface area contributed by atoms with Gasteiger partial charge in [0.25, 0.3) is 0 Å². The molecule has 0 aromatic heterocycles. The van der Waals surface area contributed by atoms with Crippen LogP contribution in [0.25, 0.3) is 0 Å². The topological polar surface area (TPSA) is 9.23 Å². The summed E-state index contributed by atoms with van der Waals surface area (Å²) in [4.78, 5) is 0. The Bertz CT molecular complexity index is 68.1. The average Bonchev–Trinajstić information content (AvgIpc) is 1.91. The maximum absolute atomic E-state index is 12.2. The van der Waals surface area contributed by atoms with Crippen LogP contribution in [0.3, 0.4) is 0 Å². The molecule has 4 heteroatoms. The van der Waals surface area contributed by atoms with Crippen molar-refractivity contribution < 1.29 is 17.9 Å². The minimum absolute atomic E-state index is 0.0764. The molecule has 0 aromatic rings. The number of ether oxygens (including phenoxy) is 1. The van der Waals surface area contributed by atoms with Gasteiger partial charge in [-0.05, 0) is 13.3 Å². The average molecular weight is 172 g/mol. The highest BCUT2D eigenvalue weighted by atomic mass is 19.3. The third-order valence-corrected chi connectivity index (χ3v) is 0.897. The maximum Gasteiger partial charge on any atom is 0.355 e. The molecule has 0 saturated heterocycles. The van der Waals surface area contributed by atoms with Crippen LogP contribution in [0.1, 0.15) is 26.7 Å². The Hall–Kier alpha value is -0.250. The van der Waals surface area contributed by atoms with Gasteiger partial charge in [-0.3, -0.25) is 4.39 Å². The van der Waals surface area contributed by atoms with Crippen LogP contribution in [-0.2, 0) is 4.74 Å². The minimum Gasteiger partial charge on any atom is -0.321 e. The molecular formula is C7H15F3O. The molecule has 0 aliphatic heterocycles. The summed E-state index contributed by atoms with van der Waals surface area (Å²) in [5.41, 5.74) is 0. The Kier molecular flexibility index (Phi) is 9.53. The van der Waals surface area contributed by atoms with Crippen molar-refractivity contribution in [3.8, 4) is 0 Å². The molecule has 11 heavy (non-hydrogen) atoms. The van der Waals surface area contributed by atoms with E-state index in [4.69, 9.17) is 0 Å². The molecule has 0 rings (SSSR count). The number of alkyl halides is 3. The fraction of sp³-hybridized carbons (Fsp3) is 1.00. The molecule has 0 aliphatic rings. The lowest BCUT2D eigenvalue weighted by Crippen LogP contribution is -2.19. The Morgan fingerprint density at radius 1 is 1.18 bits per heavy atom. The van der Waals surface area contributed by atoms with Gasteiger partial charge >= 0.3 is 6.11 Å². The summed E-state index contributed by atoms with van der Waals surface area (Å²) in [6.07, 6.45) is -2.63. The predicted octanol–water partition coefficient (Wildman–Crippen LogP) is 3.00. The van der Waals surface area contributed by atoms with E-state index in [1.54, 1.807) is 13.8 Å². The van der Waals surface area contributed by atoms with Crippen molar-refractivity contribution in [3.05, 3.63) is 0 Å². The predicted molar refractivity (Wildman–Crippen MR) is 38.5 cm³/mol. The molecule has 1 nitrogen and oxygen atoms in total. The van der Waals surface area contributed by atoms with Gasteiger partial charge < -0.3 is 4.74 Å². The summed E-state index contributed by atoms with van der Waals surface area (Å²) in [5, 5.41) is 0. The van der Waals surface area contributed by atoms with Crippen LogP contribution in [0.2, 0.25) is 0 Å². The van der Waals surface area contributed by atoms with E-state index < -0.39 is 6.11 Å². The number of halogens is 3. The van der Waals surface area contributed by atoms with Gasteiger partial charge in [-0.2, -0.15) is 8.78 Å².